The third-order valence-corrected chi connectivity index (χ3v) is 4.49. The van der Waals surface area contributed by atoms with Crippen LogP contribution in [0.3, 0.4) is 0 Å². The molecule has 0 aliphatic carbocycles. The molecule has 1 aliphatic rings. The van der Waals surface area contributed by atoms with Crippen molar-refractivity contribution in [2.45, 2.75) is 57.5 Å². The van der Waals surface area contributed by atoms with Crippen LogP contribution in [0, 0.1) is 0 Å². The number of rotatable bonds is 4. The molecule has 7 heteroatoms. The van der Waals surface area contributed by atoms with Crippen molar-refractivity contribution in [3.63, 3.8) is 0 Å². The highest BCUT2D eigenvalue weighted by Gasteiger charge is 2.40. The van der Waals surface area contributed by atoms with Crippen molar-refractivity contribution in [2.75, 3.05) is 0 Å². The van der Waals surface area contributed by atoms with Gasteiger partial charge in [-0.15, -0.1) is 0 Å². The van der Waals surface area contributed by atoms with E-state index in [1.54, 1.807) is 0 Å². The molecule has 0 bridgehead atoms. The second kappa shape index (κ2) is 6.15. The van der Waals surface area contributed by atoms with E-state index in [9.17, 15) is 29.7 Å². The Morgan fingerprint density at radius 1 is 0.920 bits per heavy atom. The highest BCUT2D eigenvalue weighted by atomic mass is 16.4. The van der Waals surface area contributed by atoms with Gasteiger partial charge in [-0.05, 0) is 64.2 Å². The van der Waals surface area contributed by atoms with Crippen LogP contribution in [0.5, 0.6) is 0 Å². The van der Waals surface area contributed by atoms with Crippen molar-refractivity contribution in [3.05, 3.63) is 34.4 Å². The van der Waals surface area contributed by atoms with E-state index in [-0.39, 0.29) is 33.7 Å². The van der Waals surface area contributed by atoms with E-state index in [2.05, 4.69) is 5.32 Å². The molecule has 0 spiro atoms. The summed E-state index contributed by atoms with van der Waals surface area (Å²) in [7, 11) is 0. The minimum absolute atomic E-state index is 0.216. The number of piperidine rings is 1. The maximum absolute atomic E-state index is 11.8. The van der Waals surface area contributed by atoms with E-state index >= 15 is 0 Å². The Labute approximate surface area is 145 Å². The van der Waals surface area contributed by atoms with Crippen LogP contribution in [0.15, 0.2) is 12.1 Å². The molecule has 136 valence electrons. The number of carboxylic acid groups (broad SMARTS) is 3. The Morgan fingerprint density at radius 2 is 1.44 bits per heavy atom. The Balaban J connectivity index is 2.72. The number of hydrogen-bond donors (Lipinski definition) is 4. The molecule has 1 saturated heterocycles. The number of hydrogen-bond acceptors (Lipinski definition) is 4. The fourth-order valence-corrected chi connectivity index (χ4v) is 4.06. The average molecular weight is 349 g/mol. The molecule has 0 atom stereocenters. The molecule has 0 aromatic heterocycles. The maximum atomic E-state index is 11.8. The quantitative estimate of drug-likeness (QED) is 0.659. The molecule has 25 heavy (non-hydrogen) atoms. The molecule has 2 rings (SSSR count). The summed E-state index contributed by atoms with van der Waals surface area (Å²) in [5, 5.41) is 31.7. The van der Waals surface area contributed by atoms with Crippen LogP contribution < -0.4 is 5.32 Å². The molecule has 1 aromatic rings. The highest BCUT2D eigenvalue weighted by molar-refractivity contribution is 6.05. The summed E-state index contributed by atoms with van der Waals surface area (Å²) in [6.07, 6.45) is 1.14. The minimum atomic E-state index is -1.45. The lowest BCUT2D eigenvalue weighted by atomic mass is 9.71. The second-order valence-electron chi connectivity index (χ2n) is 7.90. The number of carboxylic acids is 3. The van der Waals surface area contributed by atoms with E-state index < -0.39 is 23.5 Å². The van der Waals surface area contributed by atoms with E-state index in [0.717, 1.165) is 6.07 Å². The van der Waals surface area contributed by atoms with Gasteiger partial charge in [-0.2, -0.15) is 0 Å². The normalized spacial score (nSPS) is 19.4. The largest absolute Gasteiger partial charge is 0.478 e. The smallest absolute Gasteiger partial charge is 0.336 e. The first-order valence-electron chi connectivity index (χ1n) is 8.00. The molecule has 0 unspecified atom stereocenters. The Kier molecular flexibility index (Phi) is 4.65. The Hall–Kier alpha value is -2.41. The van der Waals surface area contributed by atoms with Gasteiger partial charge in [-0.1, -0.05) is 0 Å². The fraction of sp³-hybridized carbons (Fsp3) is 0.500. The van der Waals surface area contributed by atoms with Gasteiger partial charge in [0.1, 0.15) is 0 Å². The van der Waals surface area contributed by atoms with Gasteiger partial charge in [-0.25, -0.2) is 14.4 Å². The molecule has 1 heterocycles. The third-order valence-electron chi connectivity index (χ3n) is 4.49. The number of nitrogens with one attached hydrogen (secondary N) is 1. The fourth-order valence-electron chi connectivity index (χ4n) is 4.06. The monoisotopic (exact) mass is 349 g/mol. The van der Waals surface area contributed by atoms with Gasteiger partial charge in [-0.3, -0.25) is 0 Å². The molecule has 0 amide bonds. The first-order chi connectivity index (χ1) is 11.3. The topological polar surface area (TPSA) is 124 Å². The number of carbonyl (C=O) groups is 3. The van der Waals surface area contributed by atoms with Crippen LogP contribution in [0.4, 0.5) is 0 Å². The van der Waals surface area contributed by atoms with E-state index in [1.807, 2.05) is 27.7 Å². The molecular weight excluding hydrogens is 326 g/mol. The van der Waals surface area contributed by atoms with Gasteiger partial charge in [0.15, 0.2) is 0 Å². The van der Waals surface area contributed by atoms with E-state index in [1.165, 1.54) is 6.07 Å². The summed E-state index contributed by atoms with van der Waals surface area (Å²) >= 11 is 0. The minimum Gasteiger partial charge on any atom is -0.478 e. The zero-order valence-electron chi connectivity index (χ0n) is 14.7. The van der Waals surface area contributed by atoms with Crippen LogP contribution in [-0.4, -0.2) is 44.3 Å². The molecular formula is C18H23NO6. The van der Waals surface area contributed by atoms with E-state index in [4.69, 9.17) is 0 Å². The van der Waals surface area contributed by atoms with Crippen molar-refractivity contribution in [1.82, 2.24) is 5.32 Å². The van der Waals surface area contributed by atoms with Crippen LogP contribution >= 0.6 is 0 Å². The second-order valence-corrected chi connectivity index (χ2v) is 7.90. The SMILES string of the molecule is CC1(C)CC(c2cc(C(=O)O)cc(C(=O)O)c2C(=O)O)CC(C)(C)N1. The standard InChI is InChI=1S/C18H23NO6/c1-17(2)7-10(8-18(3,4)19-17)11-5-9(14(20)21)6-12(15(22)23)13(11)16(24)25/h5-6,10,19H,7-8H2,1-4H3,(H,20,21)(H,22,23)(H,24,25). The van der Waals surface area contributed by atoms with Crippen LogP contribution in [0.2, 0.25) is 0 Å². The Morgan fingerprint density at radius 3 is 1.84 bits per heavy atom. The summed E-state index contributed by atoms with van der Waals surface area (Å²) < 4.78 is 0. The van der Waals surface area contributed by atoms with Crippen molar-refractivity contribution in [3.8, 4) is 0 Å². The van der Waals surface area contributed by atoms with Gasteiger partial charge < -0.3 is 20.6 Å². The lowest BCUT2D eigenvalue weighted by molar-refractivity contribution is 0.0646. The lowest BCUT2D eigenvalue weighted by Crippen LogP contribution is -2.57. The number of aromatic carboxylic acids is 3. The van der Waals surface area contributed by atoms with Crippen LogP contribution in [-0.2, 0) is 0 Å². The zero-order chi connectivity index (χ0) is 19.2. The molecule has 1 aliphatic heterocycles. The van der Waals surface area contributed by atoms with Crippen molar-refractivity contribution < 1.29 is 29.7 Å². The van der Waals surface area contributed by atoms with Crippen molar-refractivity contribution in [2.24, 2.45) is 0 Å². The summed E-state index contributed by atoms with van der Waals surface area (Å²) in [5.41, 5.74) is -1.36. The van der Waals surface area contributed by atoms with Gasteiger partial charge in [0.05, 0.1) is 16.7 Å². The molecule has 0 radical (unpaired) electrons. The van der Waals surface area contributed by atoms with Crippen LogP contribution in [0.1, 0.15) is 83.1 Å². The molecule has 4 N–H and O–H groups in total. The summed E-state index contributed by atoms with van der Waals surface area (Å²) in [4.78, 5) is 34.7. The van der Waals surface area contributed by atoms with E-state index in [0.29, 0.717) is 12.8 Å². The van der Waals surface area contributed by atoms with Crippen LogP contribution in [0.25, 0.3) is 0 Å². The zero-order valence-corrected chi connectivity index (χ0v) is 14.7. The third kappa shape index (κ3) is 3.99. The molecule has 0 saturated carbocycles. The predicted octanol–water partition coefficient (Wildman–Crippen LogP) is 2.81. The first kappa shape index (κ1) is 18.9. The average Bonchev–Trinajstić information content (AvgIpc) is 2.42. The Bertz CT molecular complexity index is 734. The maximum Gasteiger partial charge on any atom is 0.336 e. The first-order valence-corrected chi connectivity index (χ1v) is 8.00. The molecule has 7 nitrogen and oxygen atoms in total. The van der Waals surface area contributed by atoms with Gasteiger partial charge >= 0.3 is 17.9 Å². The van der Waals surface area contributed by atoms with Crippen molar-refractivity contribution >= 4 is 17.9 Å². The number of benzene rings is 1. The van der Waals surface area contributed by atoms with Gasteiger partial charge in [0.25, 0.3) is 0 Å². The van der Waals surface area contributed by atoms with Crippen molar-refractivity contribution in [1.29, 1.82) is 0 Å². The molecule has 1 fully saturated rings. The summed E-state index contributed by atoms with van der Waals surface area (Å²) in [6.45, 7) is 7.95. The highest BCUT2D eigenvalue weighted by Crippen LogP contribution is 2.41. The summed E-state index contributed by atoms with van der Waals surface area (Å²) in [5.74, 6) is -4.37. The van der Waals surface area contributed by atoms with Gasteiger partial charge in [0, 0.05) is 11.1 Å². The molecule has 1 aromatic carbocycles. The summed E-state index contributed by atoms with van der Waals surface area (Å²) in [6, 6.07) is 2.22. The predicted molar refractivity (Wildman–Crippen MR) is 90.6 cm³/mol. The lowest BCUT2D eigenvalue weighted by Gasteiger charge is -2.47. The van der Waals surface area contributed by atoms with Gasteiger partial charge in [0.2, 0.25) is 0 Å².